The van der Waals surface area contributed by atoms with Crippen molar-refractivity contribution in [2.75, 3.05) is 13.6 Å². The fourth-order valence-corrected chi connectivity index (χ4v) is 7.42. The first-order valence-corrected chi connectivity index (χ1v) is 13.9. The van der Waals surface area contributed by atoms with Gasteiger partial charge in [0.05, 0.1) is 0 Å². The summed E-state index contributed by atoms with van der Waals surface area (Å²) in [5, 5.41) is 11.9. The zero-order valence-corrected chi connectivity index (χ0v) is 22.4. The van der Waals surface area contributed by atoms with Crippen molar-refractivity contribution >= 4 is 5.78 Å². The molecular weight excluding hydrogens is 468 g/mol. The number of hydrogen-bond donors (Lipinski definition) is 1. The molecule has 5 atom stereocenters. The smallest absolute Gasteiger partial charge is 0.157 e. The maximum atomic E-state index is 16.3. The van der Waals surface area contributed by atoms with Crippen LogP contribution in [0.2, 0.25) is 0 Å². The lowest BCUT2D eigenvalue weighted by Gasteiger charge is -2.53. The zero-order chi connectivity index (χ0) is 26.5. The van der Waals surface area contributed by atoms with E-state index in [1.807, 2.05) is 18.9 Å². The van der Waals surface area contributed by atoms with Crippen LogP contribution in [0.15, 0.2) is 58.9 Å². The van der Waals surface area contributed by atoms with Crippen LogP contribution in [-0.4, -0.2) is 35.0 Å². The summed E-state index contributed by atoms with van der Waals surface area (Å²) in [5.74, 6) is 4.76. The summed E-state index contributed by atoms with van der Waals surface area (Å²) in [4.78, 5) is 14.0. The lowest BCUT2D eigenvalue weighted by molar-refractivity contribution is -0.114. The Bertz CT molecular complexity index is 1190. The molecule has 5 rings (SSSR count). The van der Waals surface area contributed by atoms with Crippen LogP contribution in [-0.2, 0) is 4.79 Å². The Labute approximate surface area is 220 Å². The molecule has 5 heteroatoms. The number of rotatable bonds is 5. The van der Waals surface area contributed by atoms with Crippen LogP contribution in [0.25, 0.3) is 0 Å². The highest BCUT2D eigenvalue weighted by Gasteiger charge is 2.63. The maximum absolute atomic E-state index is 16.3. The second kappa shape index (κ2) is 9.70. The number of aliphatic hydroxyl groups is 1. The molecule has 0 heterocycles. The van der Waals surface area contributed by atoms with E-state index >= 15 is 8.78 Å². The third-order valence-electron chi connectivity index (χ3n) is 9.88. The molecule has 0 radical (unpaired) electrons. The molecule has 0 aliphatic heterocycles. The third-order valence-corrected chi connectivity index (χ3v) is 9.88. The van der Waals surface area contributed by atoms with E-state index in [0.717, 1.165) is 48.8 Å². The Morgan fingerprint density at radius 1 is 1.24 bits per heavy atom. The number of nitrogens with zero attached hydrogens (tertiary/aromatic N) is 1. The van der Waals surface area contributed by atoms with Crippen LogP contribution >= 0.6 is 0 Å². The van der Waals surface area contributed by atoms with Crippen LogP contribution < -0.4 is 0 Å². The Kier molecular flexibility index (Phi) is 6.86. The van der Waals surface area contributed by atoms with Crippen molar-refractivity contribution in [1.29, 1.82) is 0 Å². The fourth-order valence-electron chi connectivity index (χ4n) is 7.42. The molecule has 0 spiro atoms. The summed E-state index contributed by atoms with van der Waals surface area (Å²) in [6.45, 7) is 8.41. The average Bonchev–Trinajstić information content (AvgIpc) is 3.68. The van der Waals surface area contributed by atoms with Gasteiger partial charge in [0.15, 0.2) is 11.6 Å². The molecule has 0 aromatic heterocycles. The third kappa shape index (κ3) is 4.46. The van der Waals surface area contributed by atoms with Gasteiger partial charge in [0.2, 0.25) is 0 Å². The van der Waals surface area contributed by atoms with E-state index in [1.165, 1.54) is 12.2 Å². The topological polar surface area (TPSA) is 40.5 Å². The van der Waals surface area contributed by atoms with Crippen LogP contribution in [0.5, 0.6) is 0 Å². The lowest BCUT2D eigenvalue weighted by atomic mass is 9.52. The zero-order valence-electron chi connectivity index (χ0n) is 22.4. The normalized spacial score (nSPS) is 35.9. The molecule has 0 saturated heterocycles. The number of carbonyl (C=O) groups is 1. The van der Waals surface area contributed by atoms with Gasteiger partial charge in [-0.2, -0.15) is 0 Å². The molecule has 5 aliphatic rings. The number of halogens is 2. The van der Waals surface area contributed by atoms with E-state index in [1.54, 1.807) is 6.08 Å². The van der Waals surface area contributed by atoms with Gasteiger partial charge in [-0.3, -0.25) is 4.79 Å². The first kappa shape index (κ1) is 26.2. The SMILES string of the molecule is C=C/C(=C\C(F)=C(/F)[C@H]1C[C@@]2(C)[C@@H](CC[C@@]2(O)C#CC2CC2)[C@@H]2CCC3=CC(=O)CCC3=C21)N(C)CC. The number of allylic oxidation sites excluding steroid dienone is 8. The van der Waals surface area contributed by atoms with Gasteiger partial charge in [0, 0.05) is 43.0 Å². The van der Waals surface area contributed by atoms with Crippen molar-refractivity contribution in [3.8, 4) is 11.8 Å². The van der Waals surface area contributed by atoms with Crippen molar-refractivity contribution in [3.63, 3.8) is 0 Å². The average molecular weight is 508 g/mol. The summed E-state index contributed by atoms with van der Waals surface area (Å²) >= 11 is 0. The predicted octanol–water partition coefficient (Wildman–Crippen LogP) is 6.74. The van der Waals surface area contributed by atoms with Crippen LogP contribution in [0.3, 0.4) is 0 Å². The Hall–Kier alpha value is -2.45. The quantitative estimate of drug-likeness (QED) is 0.331. The Morgan fingerprint density at radius 3 is 2.68 bits per heavy atom. The van der Waals surface area contributed by atoms with Crippen molar-refractivity contribution in [2.24, 2.45) is 29.1 Å². The molecule has 0 aromatic rings. The number of likely N-dealkylation sites (N-methyl/N-ethyl adjacent to an activating group) is 1. The number of ketones is 1. The molecule has 0 unspecified atom stereocenters. The highest BCUT2D eigenvalue weighted by atomic mass is 19.2. The molecule has 0 bridgehead atoms. The van der Waals surface area contributed by atoms with Crippen molar-refractivity contribution < 1.29 is 18.7 Å². The highest BCUT2D eigenvalue weighted by Crippen LogP contribution is 2.66. The highest BCUT2D eigenvalue weighted by molar-refractivity contribution is 5.93. The first-order chi connectivity index (χ1) is 17.6. The van der Waals surface area contributed by atoms with Gasteiger partial charge in [-0.15, -0.1) is 0 Å². The maximum Gasteiger partial charge on any atom is 0.157 e. The van der Waals surface area contributed by atoms with Gasteiger partial charge in [0.1, 0.15) is 11.4 Å². The van der Waals surface area contributed by atoms with Crippen LogP contribution in [0, 0.1) is 40.9 Å². The molecule has 37 heavy (non-hydrogen) atoms. The van der Waals surface area contributed by atoms with Crippen molar-refractivity contribution in [1.82, 2.24) is 4.90 Å². The van der Waals surface area contributed by atoms with Gasteiger partial charge < -0.3 is 10.0 Å². The van der Waals surface area contributed by atoms with Gasteiger partial charge in [-0.25, -0.2) is 8.78 Å². The predicted molar refractivity (Wildman–Crippen MR) is 142 cm³/mol. The number of hydrogen-bond acceptors (Lipinski definition) is 3. The van der Waals surface area contributed by atoms with Gasteiger partial charge in [0.25, 0.3) is 0 Å². The Morgan fingerprint density at radius 2 is 2.00 bits per heavy atom. The largest absolute Gasteiger partial charge is 0.377 e. The van der Waals surface area contributed by atoms with E-state index in [9.17, 15) is 9.90 Å². The summed E-state index contributed by atoms with van der Waals surface area (Å²) in [6.07, 6.45) is 10.9. The molecule has 1 N–H and O–H groups in total. The second-order valence-corrected chi connectivity index (χ2v) is 11.9. The van der Waals surface area contributed by atoms with E-state index in [0.29, 0.717) is 43.8 Å². The monoisotopic (exact) mass is 507 g/mol. The van der Waals surface area contributed by atoms with Crippen molar-refractivity contribution in [3.05, 3.63) is 58.9 Å². The summed E-state index contributed by atoms with van der Waals surface area (Å²) < 4.78 is 32.0. The molecule has 3 saturated carbocycles. The number of fused-ring (bicyclic) bond motifs is 4. The summed E-state index contributed by atoms with van der Waals surface area (Å²) in [7, 11) is 1.82. The molecule has 0 amide bonds. The van der Waals surface area contributed by atoms with Gasteiger partial charge in [-0.05, 0) is 99.5 Å². The summed E-state index contributed by atoms with van der Waals surface area (Å²) in [5.41, 5.74) is 1.71. The van der Waals surface area contributed by atoms with Crippen LogP contribution in [0.1, 0.15) is 71.6 Å². The molecule has 5 aliphatic carbocycles. The summed E-state index contributed by atoms with van der Waals surface area (Å²) in [6, 6.07) is 0. The standard InChI is InChI=1S/C32H39F2NO2/c1-5-22(35(4)6-2)18-28(33)30(34)26-19-31(3)27(14-16-32(31,37)15-13-20-7-8-20)25-11-9-21-17-23(36)10-12-24(21)29(25)26/h5,17-18,20,25-27,37H,1,6-12,14,16,19H2,2-4H3/b22-18+,30-28+/t25-,26-,27-,31-,32-/m0/s1. The molecule has 198 valence electrons. The molecule has 0 aromatic carbocycles. The minimum atomic E-state index is -1.20. The van der Waals surface area contributed by atoms with E-state index in [4.69, 9.17) is 0 Å². The number of carbonyl (C=O) groups excluding carboxylic acids is 1. The van der Waals surface area contributed by atoms with Gasteiger partial charge in [-0.1, -0.05) is 30.9 Å². The van der Waals surface area contributed by atoms with Crippen LogP contribution in [0.4, 0.5) is 8.78 Å². The molecule has 3 fully saturated rings. The minimum Gasteiger partial charge on any atom is -0.377 e. The minimum absolute atomic E-state index is 0.0561. The molecule has 3 nitrogen and oxygen atoms in total. The fraction of sp³-hybridized carbons (Fsp3) is 0.594. The second-order valence-electron chi connectivity index (χ2n) is 11.9. The van der Waals surface area contributed by atoms with E-state index in [2.05, 4.69) is 25.3 Å². The Balaban J connectivity index is 1.64. The van der Waals surface area contributed by atoms with Gasteiger partial charge >= 0.3 is 0 Å². The first-order valence-electron chi connectivity index (χ1n) is 13.9. The van der Waals surface area contributed by atoms with E-state index in [-0.39, 0.29) is 17.6 Å². The lowest BCUT2D eigenvalue weighted by Crippen LogP contribution is -2.51. The van der Waals surface area contributed by atoms with E-state index < -0.39 is 28.6 Å². The molecular formula is C32H39F2NO2. The van der Waals surface area contributed by atoms with Crippen molar-refractivity contribution in [2.45, 2.75) is 77.2 Å².